The van der Waals surface area contributed by atoms with Crippen LogP contribution in [0.1, 0.15) is 30.1 Å². The number of rotatable bonds is 10. The predicted molar refractivity (Wildman–Crippen MR) is 121 cm³/mol. The fourth-order valence-electron chi connectivity index (χ4n) is 2.89. The third kappa shape index (κ3) is 5.92. The van der Waals surface area contributed by atoms with Crippen LogP contribution in [0, 0.1) is 0 Å². The van der Waals surface area contributed by atoms with E-state index in [1.165, 1.54) is 0 Å². The Kier molecular flexibility index (Phi) is 7.76. The highest BCUT2D eigenvalue weighted by Crippen LogP contribution is 2.32. The van der Waals surface area contributed by atoms with Crippen LogP contribution in [0.2, 0.25) is 0 Å². The average Bonchev–Trinajstić information content (AvgIpc) is 2.81. The van der Waals surface area contributed by atoms with Gasteiger partial charge in [0.1, 0.15) is 5.75 Å². The fraction of sp³-hybridized carbons (Fsp3) is 0.240. The number of ether oxygens (including phenoxy) is 4. The maximum absolute atomic E-state index is 12.7. The molecule has 6 nitrogen and oxygen atoms in total. The van der Waals surface area contributed by atoms with E-state index < -0.39 is 0 Å². The Balaban J connectivity index is 1.65. The molecule has 0 atom stereocenters. The Bertz CT molecular complexity index is 1000. The van der Waals surface area contributed by atoms with Gasteiger partial charge in [0.05, 0.1) is 20.8 Å². The van der Waals surface area contributed by atoms with Gasteiger partial charge in [-0.2, -0.15) is 0 Å². The zero-order valence-electron chi connectivity index (χ0n) is 18.0. The van der Waals surface area contributed by atoms with Gasteiger partial charge in [-0.1, -0.05) is 25.5 Å². The third-order valence-corrected chi connectivity index (χ3v) is 4.59. The lowest BCUT2D eigenvalue weighted by Crippen LogP contribution is -2.12. The predicted octanol–water partition coefficient (Wildman–Crippen LogP) is 5.93. The Morgan fingerprint density at radius 2 is 1.55 bits per heavy atom. The van der Waals surface area contributed by atoms with Crippen LogP contribution >= 0.6 is 0 Å². The number of nitrogens with one attached hydrogen (secondary N) is 1. The number of amides is 1. The minimum absolute atomic E-state index is 0.239. The van der Waals surface area contributed by atoms with Gasteiger partial charge in [-0.05, 0) is 61.0 Å². The summed E-state index contributed by atoms with van der Waals surface area (Å²) in [5, 5.41) is 2.88. The number of para-hydroxylation sites is 2. The smallest absolute Gasteiger partial charge is 0.255 e. The van der Waals surface area contributed by atoms with E-state index in [0.717, 1.165) is 12.8 Å². The number of carbonyl (C=O) groups is 1. The molecule has 1 amide bonds. The van der Waals surface area contributed by atoms with Crippen molar-refractivity contribution in [2.75, 3.05) is 26.1 Å². The van der Waals surface area contributed by atoms with E-state index in [1.54, 1.807) is 56.7 Å². The molecule has 3 aromatic rings. The van der Waals surface area contributed by atoms with Crippen molar-refractivity contribution in [2.24, 2.45) is 0 Å². The normalized spacial score (nSPS) is 10.3. The molecule has 0 spiro atoms. The summed E-state index contributed by atoms with van der Waals surface area (Å²) in [5.74, 6) is 2.83. The second-order valence-electron chi connectivity index (χ2n) is 6.80. The highest BCUT2D eigenvalue weighted by Gasteiger charge is 2.12. The van der Waals surface area contributed by atoms with Crippen molar-refractivity contribution < 1.29 is 23.7 Å². The first-order valence-corrected chi connectivity index (χ1v) is 10.2. The molecule has 0 bridgehead atoms. The molecule has 162 valence electrons. The van der Waals surface area contributed by atoms with Crippen molar-refractivity contribution in [2.45, 2.75) is 19.8 Å². The van der Waals surface area contributed by atoms with Gasteiger partial charge in [-0.15, -0.1) is 0 Å². The molecule has 0 saturated heterocycles. The molecule has 1 N–H and O–H groups in total. The van der Waals surface area contributed by atoms with Crippen LogP contribution in [0.5, 0.6) is 28.7 Å². The van der Waals surface area contributed by atoms with E-state index in [2.05, 4.69) is 12.2 Å². The Hall–Kier alpha value is -3.67. The van der Waals surface area contributed by atoms with Crippen molar-refractivity contribution in [1.29, 1.82) is 0 Å². The van der Waals surface area contributed by atoms with Gasteiger partial charge < -0.3 is 24.3 Å². The van der Waals surface area contributed by atoms with Gasteiger partial charge in [-0.3, -0.25) is 4.79 Å². The number of methoxy groups -OCH3 is 2. The highest BCUT2D eigenvalue weighted by atomic mass is 16.5. The van der Waals surface area contributed by atoms with E-state index in [1.807, 2.05) is 24.3 Å². The maximum Gasteiger partial charge on any atom is 0.255 e. The molecule has 0 heterocycles. The summed E-state index contributed by atoms with van der Waals surface area (Å²) in [5.41, 5.74) is 1.13. The van der Waals surface area contributed by atoms with E-state index in [9.17, 15) is 4.79 Å². The van der Waals surface area contributed by atoms with Crippen LogP contribution in [-0.2, 0) is 0 Å². The number of benzene rings is 3. The van der Waals surface area contributed by atoms with Crippen molar-refractivity contribution in [1.82, 2.24) is 0 Å². The standard InChI is InChI=1S/C25H27NO5/c1-4-5-16-30-22-15-10-18(17-24(22)29-3)25(27)26-19-11-13-20(14-12-19)31-23-9-7-6-8-21(23)28-2/h6-15,17H,4-5,16H2,1-3H3,(H,26,27). The van der Waals surface area contributed by atoms with E-state index >= 15 is 0 Å². The maximum atomic E-state index is 12.7. The summed E-state index contributed by atoms with van der Waals surface area (Å²) in [4.78, 5) is 12.7. The average molecular weight is 421 g/mol. The van der Waals surface area contributed by atoms with Crippen molar-refractivity contribution in [3.05, 3.63) is 72.3 Å². The molecular weight excluding hydrogens is 394 g/mol. The monoisotopic (exact) mass is 421 g/mol. The molecule has 0 aromatic heterocycles. The molecule has 0 fully saturated rings. The molecule has 0 unspecified atom stereocenters. The van der Waals surface area contributed by atoms with Gasteiger partial charge in [0, 0.05) is 11.3 Å². The largest absolute Gasteiger partial charge is 0.493 e. The van der Waals surface area contributed by atoms with E-state index in [-0.39, 0.29) is 5.91 Å². The summed E-state index contributed by atoms with van der Waals surface area (Å²) in [7, 11) is 3.16. The topological polar surface area (TPSA) is 66.0 Å². The van der Waals surface area contributed by atoms with Gasteiger partial charge >= 0.3 is 0 Å². The van der Waals surface area contributed by atoms with Crippen LogP contribution < -0.4 is 24.3 Å². The molecule has 3 rings (SSSR count). The molecule has 0 saturated carbocycles. The van der Waals surface area contributed by atoms with Gasteiger partial charge in [0.25, 0.3) is 5.91 Å². The van der Waals surface area contributed by atoms with Crippen molar-refractivity contribution in [3.8, 4) is 28.7 Å². The minimum atomic E-state index is -0.239. The Morgan fingerprint density at radius 3 is 2.23 bits per heavy atom. The molecule has 0 aliphatic carbocycles. The Morgan fingerprint density at radius 1 is 0.839 bits per heavy atom. The lowest BCUT2D eigenvalue weighted by molar-refractivity contribution is 0.102. The van der Waals surface area contributed by atoms with Crippen LogP contribution in [0.3, 0.4) is 0 Å². The summed E-state index contributed by atoms with van der Waals surface area (Å²) in [6, 6.07) is 19.7. The number of anilines is 1. The summed E-state index contributed by atoms with van der Waals surface area (Å²) in [6.45, 7) is 2.72. The summed E-state index contributed by atoms with van der Waals surface area (Å²) >= 11 is 0. The van der Waals surface area contributed by atoms with Crippen LogP contribution in [0.4, 0.5) is 5.69 Å². The quantitative estimate of drug-likeness (QED) is 0.411. The van der Waals surface area contributed by atoms with Gasteiger partial charge in [-0.25, -0.2) is 0 Å². The SMILES string of the molecule is CCCCOc1ccc(C(=O)Nc2ccc(Oc3ccccc3OC)cc2)cc1OC. The second kappa shape index (κ2) is 10.9. The second-order valence-corrected chi connectivity index (χ2v) is 6.80. The third-order valence-electron chi connectivity index (χ3n) is 4.59. The van der Waals surface area contributed by atoms with Crippen LogP contribution in [0.15, 0.2) is 66.7 Å². The number of hydrogen-bond donors (Lipinski definition) is 1. The number of hydrogen-bond acceptors (Lipinski definition) is 5. The zero-order chi connectivity index (χ0) is 22.1. The van der Waals surface area contributed by atoms with E-state index in [0.29, 0.717) is 46.6 Å². The number of unbranched alkanes of at least 4 members (excludes halogenated alkanes) is 1. The van der Waals surface area contributed by atoms with Gasteiger partial charge in [0.2, 0.25) is 0 Å². The van der Waals surface area contributed by atoms with Gasteiger partial charge in [0.15, 0.2) is 23.0 Å². The molecule has 31 heavy (non-hydrogen) atoms. The lowest BCUT2D eigenvalue weighted by Gasteiger charge is -2.13. The molecular formula is C25H27NO5. The lowest BCUT2D eigenvalue weighted by atomic mass is 10.1. The molecule has 0 aliphatic rings. The van der Waals surface area contributed by atoms with Crippen LogP contribution in [0.25, 0.3) is 0 Å². The Labute approximate surface area is 182 Å². The van der Waals surface area contributed by atoms with E-state index in [4.69, 9.17) is 18.9 Å². The molecule has 0 aliphatic heterocycles. The first-order chi connectivity index (χ1) is 15.1. The molecule has 0 radical (unpaired) electrons. The molecule has 6 heteroatoms. The summed E-state index contributed by atoms with van der Waals surface area (Å²) < 4.78 is 22.3. The van der Waals surface area contributed by atoms with Crippen molar-refractivity contribution >= 4 is 11.6 Å². The molecule has 3 aromatic carbocycles. The van der Waals surface area contributed by atoms with Crippen LogP contribution in [-0.4, -0.2) is 26.7 Å². The first kappa shape index (κ1) is 22.0. The first-order valence-electron chi connectivity index (χ1n) is 10.2. The van der Waals surface area contributed by atoms with Crippen molar-refractivity contribution in [3.63, 3.8) is 0 Å². The number of carbonyl (C=O) groups excluding carboxylic acids is 1. The zero-order valence-corrected chi connectivity index (χ0v) is 18.0. The minimum Gasteiger partial charge on any atom is -0.493 e. The fourth-order valence-corrected chi connectivity index (χ4v) is 2.89. The highest BCUT2D eigenvalue weighted by molar-refractivity contribution is 6.04. The summed E-state index contributed by atoms with van der Waals surface area (Å²) in [6.07, 6.45) is 2.01.